The Kier molecular flexibility index (Phi) is 6.44. The number of carbonyl (C=O) groups excluding carboxylic acids is 1. The highest BCUT2D eigenvalue weighted by atomic mass is 16.2. The smallest absolute Gasteiger partial charge is 0.265 e. The predicted octanol–water partition coefficient (Wildman–Crippen LogP) is 3.05. The van der Waals surface area contributed by atoms with Crippen molar-refractivity contribution in [1.29, 1.82) is 0 Å². The number of nitrogens with two attached hydrogens (primary N) is 1. The molecule has 0 aromatic heterocycles. The lowest BCUT2D eigenvalue weighted by Gasteiger charge is -2.14. The number of unbranched alkanes of at least 4 members (excludes halogenated alkanes) is 1. The maximum Gasteiger partial charge on any atom is 0.265 e. The maximum absolute atomic E-state index is 11.3. The highest BCUT2D eigenvalue weighted by molar-refractivity contribution is 5.93. The van der Waals surface area contributed by atoms with E-state index in [-0.39, 0.29) is 5.91 Å². The Morgan fingerprint density at radius 1 is 1.28 bits per heavy atom. The van der Waals surface area contributed by atoms with E-state index >= 15 is 0 Å². The average molecular weight is 248 g/mol. The molecule has 1 aromatic rings. The lowest BCUT2D eigenvalue weighted by molar-refractivity contribution is 0.0953. The van der Waals surface area contributed by atoms with Gasteiger partial charge in [-0.25, -0.2) is 5.84 Å². The summed E-state index contributed by atoms with van der Waals surface area (Å²) in [6, 6.07) is 7.73. The van der Waals surface area contributed by atoms with E-state index in [1.165, 1.54) is 31.2 Å². The Hall–Kier alpha value is -1.35. The molecule has 1 unspecified atom stereocenters. The van der Waals surface area contributed by atoms with Crippen molar-refractivity contribution < 1.29 is 4.79 Å². The van der Waals surface area contributed by atoms with E-state index < -0.39 is 0 Å². The van der Waals surface area contributed by atoms with Gasteiger partial charge in [-0.15, -0.1) is 0 Å². The van der Waals surface area contributed by atoms with Gasteiger partial charge in [-0.05, 0) is 30.0 Å². The van der Waals surface area contributed by atoms with E-state index in [0.717, 1.165) is 12.3 Å². The topological polar surface area (TPSA) is 55.1 Å². The molecule has 0 aliphatic rings. The third-order valence-electron chi connectivity index (χ3n) is 3.41. The molecule has 0 heterocycles. The number of rotatable bonds is 7. The lowest BCUT2D eigenvalue weighted by atomic mass is 9.92. The van der Waals surface area contributed by atoms with E-state index in [1.807, 2.05) is 24.3 Å². The summed E-state index contributed by atoms with van der Waals surface area (Å²) in [6.45, 7) is 4.48. The fraction of sp³-hybridized carbons (Fsp3) is 0.533. The number of hydrogen-bond acceptors (Lipinski definition) is 2. The van der Waals surface area contributed by atoms with E-state index in [4.69, 9.17) is 5.84 Å². The fourth-order valence-corrected chi connectivity index (χ4v) is 2.15. The van der Waals surface area contributed by atoms with Gasteiger partial charge in [0.05, 0.1) is 0 Å². The van der Waals surface area contributed by atoms with Crippen LogP contribution in [0.3, 0.4) is 0 Å². The first-order valence-corrected chi connectivity index (χ1v) is 6.81. The van der Waals surface area contributed by atoms with Gasteiger partial charge in [0.1, 0.15) is 0 Å². The fourth-order valence-electron chi connectivity index (χ4n) is 2.15. The largest absolute Gasteiger partial charge is 0.290 e. The molecule has 1 rings (SSSR count). The zero-order chi connectivity index (χ0) is 13.4. The van der Waals surface area contributed by atoms with Crippen LogP contribution in [0.25, 0.3) is 0 Å². The molecule has 3 nitrogen and oxygen atoms in total. The zero-order valence-corrected chi connectivity index (χ0v) is 11.4. The number of amides is 1. The molecule has 0 fully saturated rings. The summed E-state index contributed by atoms with van der Waals surface area (Å²) in [5.74, 6) is 5.61. The Morgan fingerprint density at radius 3 is 2.44 bits per heavy atom. The lowest BCUT2D eigenvalue weighted by Crippen LogP contribution is -2.29. The Balaban J connectivity index is 2.59. The number of hydrogen-bond donors (Lipinski definition) is 2. The number of hydrazine groups is 1. The van der Waals surface area contributed by atoms with Crippen molar-refractivity contribution >= 4 is 5.91 Å². The van der Waals surface area contributed by atoms with Crippen LogP contribution in [0.4, 0.5) is 0 Å². The van der Waals surface area contributed by atoms with Gasteiger partial charge in [-0.3, -0.25) is 10.2 Å². The van der Waals surface area contributed by atoms with Gasteiger partial charge in [-0.1, -0.05) is 51.7 Å². The van der Waals surface area contributed by atoms with Crippen LogP contribution in [-0.4, -0.2) is 5.91 Å². The summed E-state index contributed by atoms with van der Waals surface area (Å²) >= 11 is 0. The van der Waals surface area contributed by atoms with Crippen LogP contribution in [0.2, 0.25) is 0 Å². The van der Waals surface area contributed by atoms with E-state index in [0.29, 0.717) is 5.56 Å². The molecule has 1 aromatic carbocycles. The molecular formula is C15H24N2O. The third-order valence-corrected chi connectivity index (χ3v) is 3.41. The molecule has 18 heavy (non-hydrogen) atoms. The van der Waals surface area contributed by atoms with Gasteiger partial charge in [-0.2, -0.15) is 0 Å². The summed E-state index contributed by atoms with van der Waals surface area (Å²) < 4.78 is 0. The molecule has 3 N–H and O–H groups in total. The zero-order valence-electron chi connectivity index (χ0n) is 11.4. The van der Waals surface area contributed by atoms with Crippen LogP contribution in [0, 0.1) is 5.92 Å². The van der Waals surface area contributed by atoms with Crippen molar-refractivity contribution in [2.75, 3.05) is 0 Å². The molecule has 0 bridgehead atoms. The van der Waals surface area contributed by atoms with Crippen LogP contribution in [-0.2, 0) is 6.42 Å². The monoisotopic (exact) mass is 248 g/mol. The van der Waals surface area contributed by atoms with Crippen LogP contribution in [0.5, 0.6) is 0 Å². The summed E-state index contributed by atoms with van der Waals surface area (Å²) in [7, 11) is 0. The van der Waals surface area contributed by atoms with Crippen LogP contribution in [0.1, 0.15) is 55.5 Å². The van der Waals surface area contributed by atoms with E-state index in [1.54, 1.807) is 0 Å². The molecule has 0 radical (unpaired) electrons. The van der Waals surface area contributed by atoms with Crippen molar-refractivity contribution in [3.05, 3.63) is 35.4 Å². The normalized spacial score (nSPS) is 12.2. The molecule has 0 spiro atoms. The highest BCUT2D eigenvalue weighted by Crippen LogP contribution is 2.18. The Morgan fingerprint density at radius 2 is 1.94 bits per heavy atom. The number of nitrogens with one attached hydrogen (secondary N) is 1. The van der Waals surface area contributed by atoms with E-state index in [2.05, 4.69) is 19.3 Å². The summed E-state index contributed by atoms with van der Waals surface area (Å²) in [5.41, 5.74) is 4.05. The van der Waals surface area contributed by atoms with E-state index in [9.17, 15) is 4.79 Å². The quantitative estimate of drug-likeness (QED) is 0.442. The van der Waals surface area contributed by atoms with Crippen molar-refractivity contribution in [1.82, 2.24) is 5.43 Å². The predicted molar refractivity (Wildman–Crippen MR) is 75.1 cm³/mol. The second kappa shape index (κ2) is 7.88. The highest BCUT2D eigenvalue weighted by Gasteiger charge is 2.08. The van der Waals surface area contributed by atoms with Crippen LogP contribution >= 0.6 is 0 Å². The molecule has 0 saturated heterocycles. The number of benzene rings is 1. The minimum Gasteiger partial charge on any atom is -0.290 e. The Labute approximate surface area is 110 Å². The molecule has 0 saturated carbocycles. The second-order valence-electron chi connectivity index (χ2n) is 4.79. The SMILES string of the molecule is CCCCC(CC)Cc1ccc(C(=O)NN)cc1. The number of nitrogen functional groups attached to an aromatic ring is 1. The van der Waals surface area contributed by atoms with Gasteiger partial charge >= 0.3 is 0 Å². The van der Waals surface area contributed by atoms with Gasteiger partial charge in [0.15, 0.2) is 0 Å². The first kappa shape index (κ1) is 14.7. The average Bonchev–Trinajstić information content (AvgIpc) is 2.43. The first-order chi connectivity index (χ1) is 8.71. The molecule has 3 heteroatoms. The number of carbonyl (C=O) groups is 1. The van der Waals surface area contributed by atoms with Crippen LogP contribution < -0.4 is 11.3 Å². The van der Waals surface area contributed by atoms with Gasteiger partial charge in [0.25, 0.3) is 5.91 Å². The minimum atomic E-state index is -0.237. The first-order valence-electron chi connectivity index (χ1n) is 6.81. The van der Waals surface area contributed by atoms with Gasteiger partial charge in [0, 0.05) is 5.56 Å². The second-order valence-corrected chi connectivity index (χ2v) is 4.79. The molecule has 0 aliphatic carbocycles. The molecule has 1 atom stereocenters. The van der Waals surface area contributed by atoms with Gasteiger partial charge < -0.3 is 0 Å². The maximum atomic E-state index is 11.3. The Bertz CT molecular complexity index is 359. The molecule has 100 valence electrons. The summed E-state index contributed by atoms with van der Waals surface area (Å²) in [4.78, 5) is 11.3. The molecule has 0 aliphatic heterocycles. The van der Waals surface area contributed by atoms with Crippen molar-refractivity contribution in [2.24, 2.45) is 11.8 Å². The van der Waals surface area contributed by atoms with Gasteiger partial charge in [0.2, 0.25) is 0 Å². The summed E-state index contributed by atoms with van der Waals surface area (Å²) in [5, 5.41) is 0. The van der Waals surface area contributed by atoms with Crippen molar-refractivity contribution in [3.63, 3.8) is 0 Å². The standard InChI is InChI=1S/C15H24N2O/c1-3-5-6-12(4-2)11-13-7-9-14(10-8-13)15(18)17-16/h7-10,12H,3-6,11,16H2,1-2H3,(H,17,18). The minimum absolute atomic E-state index is 0.237. The van der Waals surface area contributed by atoms with Crippen LogP contribution in [0.15, 0.2) is 24.3 Å². The van der Waals surface area contributed by atoms with Crippen molar-refractivity contribution in [3.8, 4) is 0 Å². The third kappa shape index (κ3) is 4.49. The molecule has 1 amide bonds. The van der Waals surface area contributed by atoms with Crippen molar-refractivity contribution in [2.45, 2.75) is 46.0 Å². The summed E-state index contributed by atoms with van der Waals surface area (Å²) in [6.07, 6.45) is 6.16. The molecular weight excluding hydrogens is 224 g/mol.